The van der Waals surface area contributed by atoms with Gasteiger partial charge < -0.3 is 19.5 Å². The van der Waals surface area contributed by atoms with Gasteiger partial charge in [0.25, 0.3) is 0 Å². The molecule has 2 unspecified atom stereocenters. The first-order chi connectivity index (χ1) is 10.6. The van der Waals surface area contributed by atoms with Gasteiger partial charge in [-0.3, -0.25) is 0 Å². The monoisotopic (exact) mass is 307 g/mol. The van der Waals surface area contributed by atoms with Crippen LogP contribution in [0.4, 0.5) is 5.69 Å². The van der Waals surface area contributed by atoms with Crippen molar-refractivity contribution >= 4 is 5.69 Å². The molecular weight excluding hydrogens is 278 g/mol. The van der Waals surface area contributed by atoms with E-state index in [2.05, 4.69) is 37.8 Å². The van der Waals surface area contributed by atoms with Gasteiger partial charge in [0.2, 0.25) is 0 Å². The molecule has 1 aromatic rings. The summed E-state index contributed by atoms with van der Waals surface area (Å²) in [7, 11) is 0. The number of hydrogen-bond acceptors (Lipinski definition) is 4. The van der Waals surface area contributed by atoms with E-state index >= 15 is 0 Å². The molecule has 2 atom stereocenters. The summed E-state index contributed by atoms with van der Waals surface area (Å²) >= 11 is 0. The molecule has 1 aromatic carbocycles. The maximum Gasteiger partial charge on any atom is 0.0948 e. The van der Waals surface area contributed by atoms with E-state index in [-0.39, 0.29) is 6.10 Å². The van der Waals surface area contributed by atoms with Crippen molar-refractivity contribution in [3.63, 3.8) is 0 Å². The summed E-state index contributed by atoms with van der Waals surface area (Å²) in [6.07, 6.45) is 1.90. The molecule has 0 saturated carbocycles. The highest BCUT2D eigenvalue weighted by atomic mass is 16.5. The van der Waals surface area contributed by atoms with Gasteiger partial charge in [0.05, 0.1) is 25.4 Å². The van der Waals surface area contributed by atoms with Crippen molar-refractivity contribution in [3.8, 4) is 0 Å². The van der Waals surface area contributed by atoms with E-state index in [1.54, 1.807) is 0 Å². The topological polar surface area (TPSA) is 41.9 Å². The van der Waals surface area contributed by atoms with Gasteiger partial charge in [-0.05, 0) is 45.2 Å². The van der Waals surface area contributed by atoms with Gasteiger partial charge in [0.15, 0.2) is 0 Å². The zero-order valence-corrected chi connectivity index (χ0v) is 14.0. The van der Waals surface area contributed by atoms with Crippen molar-refractivity contribution in [2.75, 3.05) is 31.3 Å². The highest BCUT2D eigenvalue weighted by Crippen LogP contribution is 2.22. The predicted octanol–water partition coefficient (Wildman–Crippen LogP) is 2.77. The minimum Gasteiger partial charge on any atom is -0.389 e. The first-order valence-electron chi connectivity index (χ1n) is 8.27. The first-order valence-corrected chi connectivity index (χ1v) is 8.27. The van der Waals surface area contributed by atoms with Crippen molar-refractivity contribution in [2.24, 2.45) is 0 Å². The Morgan fingerprint density at radius 1 is 1.36 bits per heavy atom. The van der Waals surface area contributed by atoms with Crippen LogP contribution >= 0.6 is 0 Å². The number of benzene rings is 1. The SMILES string of the molecule is Cc1ccccc1N(CC(O)COCC1CCCO1)C(C)C. The summed E-state index contributed by atoms with van der Waals surface area (Å²) in [4.78, 5) is 2.23. The fourth-order valence-electron chi connectivity index (χ4n) is 2.86. The lowest BCUT2D eigenvalue weighted by molar-refractivity contribution is -0.0152. The molecule has 4 nitrogen and oxygen atoms in total. The van der Waals surface area contributed by atoms with Gasteiger partial charge in [0, 0.05) is 24.9 Å². The standard InChI is InChI=1S/C18H29NO3/c1-14(2)19(18-9-5-4-7-15(18)3)11-16(20)12-21-13-17-8-6-10-22-17/h4-5,7,9,14,16-17,20H,6,8,10-13H2,1-3H3. The number of hydrogen-bond donors (Lipinski definition) is 1. The molecule has 1 aliphatic rings. The lowest BCUT2D eigenvalue weighted by atomic mass is 10.1. The van der Waals surface area contributed by atoms with Crippen molar-refractivity contribution in [2.45, 2.75) is 51.9 Å². The number of aryl methyl sites for hydroxylation is 1. The summed E-state index contributed by atoms with van der Waals surface area (Å²) in [6.45, 7) is 8.75. The Balaban J connectivity index is 1.83. The molecule has 0 spiro atoms. The molecule has 4 heteroatoms. The molecular formula is C18H29NO3. The number of ether oxygens (including phenoxy) is 2. The van der Waals surface area contributed by atoms with Crippen LogP contribution in [0.1, 0.15) is 32.3 Å². The highest BCUT2D eigenvalue weighted by Gasteiger charge is 2.19. The van der Waals surface area contributed by atoms with Gasteiger partial charge >= 0.3 is 0 Å². The molecule has 0 bridgehead atoms. The van der Waals surface area contributed by atoms with Crippen molar-refractivity contribution in [1.29, 1.82) is 0 Å². The molecule has 1 heterocycles. The molecule has 0 amide bonds. The van der Waals surface area contributed by atoms with E-state index in [1.807, 2.05) is 12.1 Å². The third-order valence-electron chi connectivity index (χ3n) is 4.09. The Morgan fingerprint density at radius 2 is 2.14 bits per heavy atom. The molecule has 1 saturated heterocycles. The average molecular weight is 307 g/mol. The van der Waals surface area contributed by atoms with Crippen LogP contribution in [0.2, 0.25) is 0 Å². The zero-order valence-electron chi connectivity index (χ0n) is 14.0. The van der Waals surface area contributed by atoms with Crippen LogP contribution in [0, 0.1) is 6.92 Å². The second-order valence-corrected chi connectivity index (χ2v) is 6.36. The number of para-hydroxylation sites is 1. The van der Waals surface area contributed by atoms with Crippen molar-refractivity contribution < 1.29 is 14.6 Å². The number of aliphatic hydroxyl groups is 1. The van der Waals surface area contributed by atoms with E-state index in [9.17, 15) is 5.11 Å². The molecule has 0 aliphatic carbocycles. The van der Waals surface area contributed by atoms with Crippen LogP contribution in [-0.2, 0) is 9.47 Å². The van der Waals surface area contributed by atoms with Crippen LogP contribution in [0.25, 0.3) is 0 Å². The smallest absolute Gasteiger partial charge is 0.0948 e. The molecule has 2 rings (SSSR count). The van der Waals surface area contributed by atoms with Crippen LogP contribution in [0.5, 0.6) is 0 Å². The second kappa shape index (κ2) is 8.51. The molecule has 22 heavy (non-hydrogen) atoms. The lowest BCUT2D eigenvalue weighted by Gasteiger charge is -2.32. The summed E-state index contributed by atoms with van der Waals surface area (Å²) in [5.41, 5.74) is 2.40. The van der Waals surface area contributed by atoms with Gasteiger partial charge in [-0.1, -0.05) is 18.2 Å². The number of rotatable bonds is 8. The quantitative estimate of drug-likeness (QED) is 0.802. The van der Waals surface area contributed by atoms with Crippen LogP contribution < -0.4 is 4.90 Å². The Morgan fingerprint density at radius 3 is 2.77 bits per heavy atom. The molecule has 0 aromatic heterocycles. The molecule has 0 radical (unpaired) electrons. The normalized spacial score (nSPS) is 19.6. The van der Waals surface area contributed by atoms with Crippen LogP contribution in [-0.4, -0.2) is 49.7 Å². The fraction of sp³-hybridized carbons (Fsp3) is 0.667. The van der Waals surface area contributed by atoms with Gasteiger partial charge in [-0.2, -0.15) is 0 Å². The number of aliphatic hydroxyl groups excluding tert-OH is 1. The maximum atomic E-state index is 10.3. The number of anilines is 1. The lowest BCUT2D eigenvalue weighted by Crippen LogP contribution is -2.40. The average Bonchev–Trinajstić information content (AvgIpc) is 2.99. The Bertz CT molecular complexity index is 444. The summed E-state index contributed by atoms with van der Waals surface area (Å²) in [6, 6.07) is 8.62. The van der Waals surface area contributed by atoms with Gasteiger partial charge in [-0.15, -0.1) is 0 Å². The summed E-state index contributed by atoms with van der Waals surface area (Å²) < 4.78 is 11.1. The Hall–Kier alpha value is -1.10. The second-order valence-electron chi connectivity index (χ2n) is 6.36. The predicted molar refractivity (Wildman–Crippen MR) is 89.5 cm³/mol. The fourth-order valence-corrected chi connectivity index (χ4v) is 2.86. The largest absolute Gasteiger partial charge is 0.389 e. The number of nitrogens with zero attached hydrogens (tertiary/aromatic N) is 1. The maximum absolute atomic E-state index is 10.3. The van der Waals surface area contributed by atoms with Crippen molar-refractivity contribution in [3.05, 3.63) is 29.8 Å². The van der Waals surface area contributed by atoms with Gasteiger partial charge in [0.1, 0.15) is 0 Å². The third kappa shape index (κ3) is 4.97. The zero-order chi connectivity index (χ0) is 15.9. The third-order valence-corrected chi connectivity index (χ3v) is 4.09. The Labute approximate surface area is 134 Å². The first kappa shape index (κ1) is 17.3. The van der Waals surface area contributed by atoms with Gasteiger partial charge in [-0.25, -0.2) is 0 Å². The summed E-state index contributed by atoms with van der Waals surface area (Å²) in [5, 5.41) is 10.3. The Kier molecular flexibility index (Phi) is 6.68. The molecule has 1 aliphatic heterocycles. The molecule has 124 valence electrons. The van der Waals surface area contributed by atoms with Crippen LogP contribution in [0.15, 0.2) is 24.3 Å². The van der Waals surface area contributed by atoms with E-state index in [0.717, 1.165) is 19.4 Å². The highest BCUT2D eigenvalue weighted by molar-refractivity contribution is 5.53. The van der Waals surface area contributed by atoms with E-state index in [1.165, 1.54) is 11.3 Å². The van der Waals surface area contributed by atoms with E-state index in [4.69, 9.17) is 9.47 Å². The van der Waals surface area contributed by atoms with E-state index < -0.39 is 6.10 Å². The molecule has 1 fully saturated rings. The van der Waals surface area contributed by atoms with Crippen LogP contribution in [0.3, 0.4) is 0 Å². The minimum atomic E-state index is -0.497. The minimum absolute atomic E-state index is 0.213. The summed E-state index contributed by atoms with van der Waals surface area (Å²) in [5.74, 6) is 0. The molecule has 1 N–H and O–H groups in total. The van der Waals surface area contributed by atoms with Crippen molar-refractivity contribution in [1.82, 2.24) is 0 Å². The van der Waals surface area contributed by atoms with E-state index in [0.29, 0.717) is 25.8 Å².